The number of rotatable bonds is 25. The van der Waals surface area contributed by atoms with Gasteiger partial charge in [0.05, 0.1) is 33.4 Å². The lowest BCUT2D eigenvalue weighted by atomic mass is 10.00. The van der Waals surface area contributed by atoms with E-state index in [0.717, 1.165) is 42.2 Å². The predicted octanol–water partition coefficient (Wildman–Crippen LogP) is 14.0. The number of carbonyl (C=O) groups is 6. The summed E-state index contributed by atoms with van der Waals surface area (Å²) in [5.74, 6) is -1.28. The van der Waals surface area contributed by atoms with Gasteiger partial charge in [-0.25, -0.2) is 4.79 Å². The fourth-order valence-corrected chi connectivity index (χ4v) is 14.2. The lowest BCUT2D eigenvalue weighted by Crippen LogP contribution is -2.40. The number of halogens is 3. The smallest absolute Gasteiger partial charge is 0.411 e. The molecule has 7 aromatic heterocycles. The maximum atomic E-state index is 13.5. The minimum atomic E-state index is -0.651. The Labute approximate surface area is 698 Å². The largest absolute Gasteiger partial charge is 0.618 e. The Morgan fingerprint density at radius 2 is 0.756 bits per heavy atom. The van der Waals surface area contributed by atoms with Crippen LogP contribution in [0, 0.1) is 15.6 Å². The van der Waals surface area contributed by atoms with E-state index in [-0.39, 0.29) is 35.9 Å². The second-order valence-corrected chi connectivity index (χ2v) is 29.1. The molecule has 119 heavy (non-hydrogen) atoms. The Morgan fingerprint density at radius 1 is 0.412 bits per heavy atom. The first kappa shape index (κ1) is 82.4. The SMILES string of the molecule is CC(=O)c1ccc(C(=O)NC(Cc2ccccc2)c2ccc(-c3cc(Cl)ccc3-n3cnnn3)c[n+]2[O-])cc1.CC(=O)c1ccc(C(=O)N[C@@H](Cc2ccccc2)c2ccc(-c3cc(Cl)ccc3-n3cnnn3)c[n+]2[O-])s1.CCOC(=O)Nc1ccc(C(=O)N[C@@H](Cc2ccccc2)c2ccc(-c3cc(Cl)ccc3-n3cnnn3)c[n+]2[O-])cc1. The summed E-state index contributed by atoms with van der Waals surface area (Å²) < 4.78 is 11.6. The molecule has 15 rings (SSSR count). The van der Waals surface area contributed by atoms with Gasteiger partial charge in [0, 0.05) is 108 Å². The van der Waals surface area contributed by atoms with Crippen LogP contribution in [-0.4, -0.2) is 103 Å². The first-order valence-electron chi connectivity index (χ1n) is 36.8. The molecule has 15 aromatic rings. The molecule has 596 valence electrons. The van der Waals surface area contributed by atoms with Gasteiger partial charge in [-0.05, 0) is 190 Å². The molecule has 0 aliphatic carbocycles. The first-order chi connectivity index (χ1) is 57.7. The van der Waals surface area contributed by atoms with Crippen molar-refractivity contribution in [3.05, 3.63) is 371 Å². The lowest BCUT2D eigenvalue weighted by Gasteiger charge is -2.19. The summed E-state index contributed by atoms with van der Waals surface area (Å²) in [7, 11) is 0. The molecule has 0 radical (unpaired) electrons. The van der Waals surface area contributed by atoms with Gasteiger partial charge in [0.2, 0.25) is 17.1 Å². The third-order valence-corrected chi connectivity index (χ3v) is 20.6. The van der Waals surface area contributed by atoms with Crippen molar-refractivity contribution >= 4 is 87.2 Å². The quantitative estimate of drug-likeness (QED) is 0.0234. The number of anilines is 1. The zero-order chi connectivity index (χ0) is 83.5. The summed E-state index contributed by atoms with van der Waals surface area (Å²) in [4.78, 5) is 75.5. The van der Waals surface area contributed by atoms with Crippen LogP contribution in [0.2, 0.25) is 15.1 Å². The molecular weight excluding hydrogens is 1600 g/mol. The van der Waals surface area contributed by atoms with E-state index in [0.29, 0.717) is 134 Å². The molecule has 8 aromatic carbocycles. The number of hydrogen-bond acceptors (Lipinski definition) is 20. The van der Waals surface area contributed by atoms with E-state index in [1.54, 1.807) is 159 Å². The average Bonchev–Trinajstić information content (AvgIpc) is 1.67. The zero-order valence-corrected chi connectivity index (χ0v) is 66.5. The third-order valence-electron chi connectivity index (χ3n) is 18.7. The number of ether oxygens (including phenoxy) is 1. The van der Waals surface area contributed by atoms with E-state index in [1.165, 1.54) is 65.5 Å². The van der Waals surface area contributed by atoms with Crippen LogP contribution in [-0.2, 0) is 24.0 Å². The third kappa shape index (κ3) is 21.1. The van der Waals surface area contributed by atoms with Gasteiger partial charge < -0.3 is 36.3 Å². The highest BCUT2D eigenvalue weighted by molar-refractivity contribution is 7.16. The highest BCUT2D eigenvalue weighted by Crippen LogP contribution is 2.34. The highest BCUT2D eigenvalue weighted by atomic mass is 35.5. The van der Waals surface area contributed by atoms with Crippen molar-refractivity contribution in [1.29, 1.82) is 0 Å². The van der Waals surface area contributed by atoms with E-state index in [1.807, 2.05) is 91.0 Å². The number of pyridine rings is 3. The summed E-state index contributed by atoms with van der Waals surface area (Å²) in [5, 5.41) is 87.3. The monoisotopic (exact) mass is 1670 g/mol. The first-order valence-corrected chi connectivity index (χ1v) is 38.7. The summed E-state index contributed by atoms with van der Waals surface area (Å²) in [6, 6.07) is 69.0. The number of aromatic nitrogens is 15. The molecule has 0 spiro atoms. The van der Waals surface area contributed by atoms with Crippen LogP contribution in [0.1, 0.15) is 123 Å². The van der Waals surface area contributed by atoms with Gasteiger partial charge >= 0.3 is 6.09 Å². The molecule has 29 nitrogen and oxygen atoms in total. The van der Waals surface area contributed by atoms with E-state index in [4.69, 9.17) is 39.5 Å². The fourth-order valence-electron chi connectivity index (χ4n) is 12.8. The van der Waals surface area contributed by atoms with Gasteiger partial charge in [0.25, 0.3) is 17.7 Å². The van der Waals surface area contributed by atoms with E-state index in [9.17, 15) is 44.4 Å². The number of tetrazole rings is 3. The molecule has 4 N–H and O–H groups in total. The number of thiophene rings is 1. The van der Waals surface area contributed by atoms with Gasteiger partial charge in [0.1, 0.15) is 37.1 Å². The number of benzene rings is 8. The van der Waals surface area contributed by atoms with Crippen molar-refractivity contribution in [2.75, 3.05) is 11.9 Å². The van der Waals surface area contributed by atoms with Crippen molar-refractivity contribution in [3.8, 4) is 50.4 Å². The van der Waals surface area contributed by atoms with E-state index in [2.05, 4.69) is 67.8 Å². The topological polar surface area (TPSA) is 371 Å². The van der Waals surface area contributed by atoms with Crippen molar-refractivity contribution < 1.29 is 47.7 Å². The van der Waals surface area contributed by atoms with Gasteiger partial charge in [-0.3, -0.25) is 29.3 Å². The number of amides is 4. The van der Waals surface area contributed by atoms with Gasteiger partial charge in [-0.15, -0.1) is 26.6 Å². The second kappa shape index (κ2) is 38.7. The van der Waals surface area contributed by atoms with Gasteiger partial charge in [-0.1, -0.05) is 138 Å². The van der Waals surface area contributed by atoms with Crippen molar-refractivity contribution in [3.63, 3.8) is 0 Å². The lowest BCUT2D eigenvalue weighted by molar-refractivity contribution is -0.615. The Morgan fingerprint density at radius 3 is 1.08 bits per heavy atom. The molecule has 4 amide bonds. The normalized spacial score (nSPS) is 11.6. The minimum Gasteiger partial charge on any atom is -0.618 e. The molecule has 0 saturated heterocycles. The number of ketones is 2. The molecule has 7 heterocycles. The van der Waals surface area contributed by atoms with E-state index >= 15 is 0 Å². The average molecular weight is 1670 g/mol. The highest BCUT2D eigenvalue weighted by Gasteiger charge is 2.30. The molecule has 0 aliphatic rings. The molecule has 0 saturated carbocycles. The summed E-state index contributed by atoms with van der Waals surface area (Å²) in [5.41, 5.74) is 11.4. The maximum Gasteiger partial charge on any atom is 0.411 e. The molecule has 0 fully saturated rings. The van der Waals surface area contributed by atoms with Gasteiger partial charge in [0.15, 0.2) is 30.2 Å². The Hall–Kier alpha value is -14.6. The van der Waals surface area contributed by atoms with Crippen LogP contribution in [0.5, 0.6) is 0 Å². The summed E-state index contributed by atoms with van der Waals surface area (Å²) in [6.07, 6.45) is 9.29. The van der Waals surface area contributed by atoms with Crippen LogP contribution < -0.4 is 35.5 Å². The van der Waals surface area contributed by atoms with Gasteiger partial charge in [-0.2, -0.15) is 28.2 Å². The van der Waals surface area contributed by atoms with Crippen LogP contribution in [0.25, 0.3) is 50.4 Å². The maximum absolute atomic E-state index is 13.5. The molecule has 1 unspecified atom stereocenters. The minimum absolute atomic E-state index is 0.0839. The Bertz CT molecular complexity index is 6080. The van der Waals surface area contributed by atoms with E-state index < -0.39 is 24.2 Å². The molecular formula is C86H70Cl3N19O10S. The standard InChI is InChI=1S/C30H26ClN7O4.C29H23ClN6O3.C27H21ClN6O3S/c1-2-42-30(40)33-24-12-8-21(9-13-24)29(39)34-26(16-20-6-4-3-5-7-20)28-14-10-22(18-38(28)41)25-17-23(31)11-15-27(25)37-19-32-35-36-37;1-19(37)21-7-9-22(10-8-21)29(38)32-26(15-20-5-3-2-4-6-20)28-13-11-23(17-36(28)39)25-16-24(30)12-14-27(25)35-18-31-33-34-35;1-17(35)25-11-12-26(38-25)27(36)30-22(13-18-5-3-2-4-6-18)24-9-7-19(15-34(24)37)21-14-20(28)8-10-23(21)33-16-29-31-32-33/h3-15,17-19,26H,2,16H2,1H3,(H,33,40)(H,34,39);2-14,16-18,26H,15H2,1H3,(H,32,38);2-12,14-16,22H,13H2,1H3,(H,30,36)/t26-;;22-/m0.0/s1. The second-order valence-electron chi connectivity index (χ2n) is 26.7. The van der Waals surface area contributed by atoms with Crippen LogP contribution in [0.15, 0.2) is 280 Å². The summed E-state index contributed by atoms with van der Waals surface area (Å²) in [6.45, 7) is 4.88. The number of hydrogen-bond donors (Lipinski definition) is 4. The molecule has 0 bridgehead atoms. The number of nitrogens with zero attached hydrogens (tertiary/aromatic N) is 15. The fraction of sp³-hybridized carbons (Fsp3) is 0.116. The number of nitrogens with one attached hydrogen (secondary N) is 4. The van der Waals surface area contributed by atoms with Crippen molar-refractivity contribution in [2.45, 2.75) is 58.2 Å². The molecule has 33 heteroatoms. The molecule has 0 aliphatic heterocycles. The number of carbonyl (C=O) groups excluding carboxylic acids is 6. The Kier molecular flexibility index (Phi) is 26.8. The Balaban J connectivity index is 0.000000155. The number of Topliss-reactive ketones (excluding diaryl/α,β-unsaturated/α-hetero) is 2. The van der Waals surface area contributed by atoms with Crippen molar-refractivity contribution in [2.24, 2.45) is 0 Å². The zero-order valence-electron chi connectivity index (χ0n) is 63.5. The summed E-state index contributed by atoms with van der Waals surface area (Å²) >= 11 is 19.9. The van der Waals surface area contributed by atoms with Crippen molar-refractivity contribution in [1.82, 2.24) is 76.6 Å². The van der Waals surface area contributed by atoms with Crippen LogP contribution >= 0.6 is 46.1 Å². The molecule has 3 atom stereocenters. The van der Waals surface area contributed by atoms with Crippen LogP contribution in [0.3, 0.4) is 0 Å². The van der Waals surface area contributed by atoms with Crippen LogP contribution in [0.4, 0.5) is 10.5 Å². The predicted molar refractivity (Wildman–Crippen MR) is 445 cm³/mol.